The second kappa shape index (κ2) is 7.70. The smallest absolute Gasteiger partial charge is 0.189 e. The van der Waals surface area contributed by atoms with E-state index in [0.29, 0.717) is 23.7 Å². The van der Waals surface area contributed by atoms with Crippen LogP contribution in [0.2, 0.25) is 0 Å². The summed E-state index contributed by atoms with van der Waals surface area (Å²) in [6, 6.07) is 6.10. The lowest BCUT2D eigenvalue weighted by atomic mass is 10.1. The minimum absolute atomic E-state index is 0.145. The SMILES string of the molecule is O=c1cc(CNCCCC[C@@H]2CCCO2)[nH]c2c(F)cccc12. The molecule has 1 aliphatic rings. The van der Waals surface area contributed by atoms with E-state index >= 15 is 0 Å². The first-order valence-electron chi connectivity index (χ1n) is 8.37. The van der Waals surface area contributed by atoms with Crippen LogP contribution in [0.4, 0.5) is 4.39 Å². The molecule has 2 aromatic rings. The van der Waals surface area contributed by atoms with Crippen molar-refractivity contribution >= 4 is 10.9 Å². The number of aromatic amines is 1. The molecule has 1 aromatic carbocycles. The van der Waals surface area contributed by atoms with E-state index in [1.54, 1.807) is 18.2 Å². The molecule has 0 saturated carbocycles. The van der Waals surface area contributed by atoms with Crippen LogP contribution in [0.15, 0.2) is 29.1 Å². The Morgan fingerprint density at radius 1 is 1.35 bits per heavy atom. The maximum Gasteiger partial charge on any atom is 0.189 e. The summed E-state index contributed by atoms with van der Waals surface area (Å²) in [5.74, 6) is -0.391. The first kappa shape index (κ1) is 16.1. The summed E-state index contributed by atoms with van der Waals surface area (Å²) in [5, 5.41) is 3.70. The Labute approximate surface area is 135 Å². The Kier molecular flexibility index (Phi) is 5.41. The minimum atomic E-state index is -0.391. The number of ether oxygens (including phenoxy) is 1. The highest BCUT2D eigenvalue weighted by atomic mass is 19.1. The normalized spacial score (nSPS) is 17.9. The summed E-state index contributed by atoms with van der Waals surface area (Å²) >= 11 is 0. The molecule has 0 aliphatic carbocycles. The van der Waals surface area contributed by atoms with Crippen LogP contribution in [0.25, 0.3) is 10.9 Å². The van der Waals surface area contributed by atoms with Crippen LogP contribution < -0.4 is 10.7 Å². The zero-order valence-corrected chi connectivity index (χ0v) is 13.2. The number of hydrogen-bond acceptors (Lipinski definition) is 3. The number of pyridine rings is 1. The lowest BCUT2D eigenvalue weighted by molar-refractivity contribution is 0.102. The molecule has 1 aromatic heterocycles. The first-order chi connectivity index (χ1) is 11.2. The number of nitrogens with one attached hydrogen (secondary N) is 2. The topological polar surface area (TPSA) is 54.1 Å². The number of fused-ring (bicyclic) bond motifs is 1. The van der Waals surface area contributed by atoms with Gasteiger partial charge in [-0.05, 0) is 50.8 Å². The fourth-order valence-corrected chi connectivity index (χ4v) is 3.10. The van der Waals surface area contributed by atoms with Crippen molar-refractivity contribution < 1.29 is 9.13 Å². The van der Waals surface area contributed by atoms with Crippen molar-refractivity contribution in [2.45, 2.75) is 44.8 Å². The number of hydrogen-bond donors (Lipinski definition) is 2. The van der Waals surface area contributed by atoms with E-state index in [2.05, 4.69) is 10.3 Å². The van der Waals surface area contributed by atoms with E-state index in [9.17, 15) is 9.18 Å². The maximum atomic E-state index is 13.8. The van der Waals surface area contributed by atoms with Crippen LogP contribution in [0.1, 0.15) is 37.8 Å². The molecular weight excluding hydrogens is 295 g/mol. The molecular formula is C18H23FN2O2. The van der Waals surface area contributed by atoms with Gasteiger partial charge in [0.05, 0.1) is 11.6 Å². The number of rotatable bonds is 7. The highest BCUT2D eigenvalue weighted by molar-refractivity contribution is 5.78. The number of benzene rings is 1. The molecule has 5 heteroatoms. The lowest BCUT2D eigenvalue weighted by Crippen LogP contribution is -2.18. The third-order valence-electron chi connectivity index (χ3n) is 4.34. The molecule has 1 saturated heterocycles. The number of aromatic nitrogens is 1. The van der Waals surface area contributed by atoms with E-state index in [-0.39, 0.29) is 10.9 Å². The van der Waals surface area contributed by atoms with Gasteiger partial charge in [-0.15, -0.1) is 0 Å². The van der Waals surface area contributed by atoms with Gasteiger partial charge in [0.2, 0.25) is 0 Å². The summed E-state index contributed by atoms with van der Waals surface area (Å²) in [7, 11) is 0. The van der Waals surface area contributed by atoms with Crippen molar-refractivity contribution in [3.05, 3.63) is 46.0 Å². The Bertz CT molecular complexity index is 708. The van der Waals surface area contributed by atoms with E-state index in [1.807, 2.05) is 0 Å². The largest absolute Gasteiger partial charge is 0.378 e. The number of halogens is 1. The van der Waals surface area contributed by atoms with Gasteiger partial charge in [0.15, 0.2) is 5.43 Å². The molecule has 0 bridgehead atoms. The molecule has 3 rings (SSSR count). The molecule has 4 nitrogen and oxygen atoms in total. The lowest BCUT2D eigenvalue weighted by Gasteiger charge is -2.09. The predicted octanol–water partition coefficient (Wildman–Crippen LogP) is 3.11. The van der Waals surface area contributed by atoms with Crippen molar-refractivity contribution in [1.82, 2.24) is 10.3 Å². The molecule has 0 spiro atoms. The maximum absolute atomic E-state index is 13.8. The van der Waals surface area contributed by atoms with Crippen molar-refractivity contribution in [2.75, 3.05) is 13.2 Å². The van der Waals surface area contributed by atoms with Crippen molar-refractivity contribution in [3.8, 4) is 0 Å². The summed E-state index contributed by atoms with van der Waals surface area (Å²) in [6.45, 7) is 2.33. The van der Waals surface area contributed by atoms with Gasteiger partial charge < -0.3 is 15.0 Å². The molecule has 1 atom stereocenters. The van der Waals surface area contributed by atoms with Gasteiger partial charge in [0, 0.05) is 30.3 Å². The van der Waals surface area contributed by atoms with Crippen molar-refractivity contribution in [1.29, 1.82) is 0 Å². The van der Waals surface area contributed by atoms with Gasteiger partial charge in [-0.3, -0.25) is 4.79 Å². The fourth-order valence-electron chi connectivity index (χ4n) is 3.10. The molecule has 0 amide bonds. The third-order valence-corrected chi connectivity index (χ3v) is 4.34. The Morgan fingerprint density at radius 3 is 3.09 bits per heavy atom. The Hall–Kier alpha value is -1.72. The monoisotopic (exact) mass is 318 g/mol. The zero-order chi connectivity index (χ0) is 16.1. The second-order valence-corrected chi connectivity index (χ2v) is 6.13. The van der Waals surface area contributed by atoms with Crippen LogP contribution in [0.3, 0.4) is 0 Å². The molecule has 23 heavy (non-hydrogen) atoms. The highest BCUT2D eigenvalue weighted by Crippen LogP contribution is 2.17. The molecule has 1 fully saturated rings. The van der Waals surface area contributed by atoms with Crippen molar-refractivity contribution in [3.63, 3.8) is 0 Å². The van der Waals surface area contributed by atoms with Crippen LogP contribution in [-0.4, -0.2) is 24.2 Å². The van der Waals surface area contributed by atoms with Gasteiger partial charge in [-0.1, -0.05) is 6.07 Å². The Balaban J connectivity index is 1.47. The van der Waals surface area contributed by atoms with Crippen LogP contribution >= 0.6 is 0 Å². The molecule has 2 N–H and O–H groups in total. The quantitative estimate of drug-likeness (QED) is 0.771. The molecule has 124 valence electrons. The first-order valence-corrected chi connectivity index (χ1v) is 8.37. The number of H-pyrrole nitrogens is 1. The summed E-state index contributed by atoms with van der Waals surface area (Å²) in [6.07, 6.45) is 6.17. The summed E-state index contributed by atoms with van der Waals surface area (Å²) in [5.41, 5.74) is 0.857. The molecule has 0 radical (unpaired) electrons. The average Bonchev–Trinajstić information content (AvgIpc) is 3.05. The van der Waals surface area contributed by atoms with Gasteiger partial charge in [0.1, 0.15) is 5.82 Å². The van der Waals surface area contributed by atoms with Gasteiger partial charge in [-0.25, -0.2) is 4.39 Å². The van der Waals surface area contributed by atoms with E-state index < -0.39 is 5.82 Å². The predicted molar refractivity (Wildman–Crippen MR) is 89.1 cm³/mol. The number of unbranched alkanes of at least 4 members (excludes halogenated alkanes) is 1. The van der Waals surface area contributed by atoms with Gasteiger partial charge in [0.25, 0.3) is 0 Å². The molecule has 1 aliphatic heterocycles. The van der Waals surface area contributed by atoms with Crippen LogP contribution in [-0.2, 0) is 11.3 Å². The van der Waals surface area contributed by atoms with E-state index in [4.69, 9.17) is 4.74 Å². The van der Waals surface area contributed by atoms with E-state index in [1.165, 1.54) is 18.9 Å². The summed E-state index contributed by atoms with van der Waals surface area (Å²) in [4.78, 5) is 15.0. The van der Waals surface area contributed by atoms with Crippen LogP contribution in [0, 0.1) is 5.82 Å². The van der Waals surface area contributed by atoms with Crippen LogP contribution in [0.5, 0.6) is 0 Å². The van der Waals surface area contributed by atoms with Crippen molar-refractivity contribution in [2.24, 2.45) is 0 Å². The Morgan fingerprint density at radius 2 is 2.26 bits per heavy atom. The van der Waals surface area contributed by atoms with Gasteiger partial charge >= 0.3 is 0 Å². The average molecular weight is 318 g/mol. The zero-order valence-electron chi connectivity index (χ0n) is 13.2. The van der Waals surface area contributed by atoms with E-state index in [0.717, 1.165) is 32.4 Å². The third kappa shape index (κ3) is 4.18. The molecule has 0 unspecified atom stereocenters. The number of para-hydroxylation sites is 1. The minimum Gasteiger partial charge on any atom is -0.378 e. The second-order valence-electron chi connectivity index (χ2n) is 6.13. The summed E-state index contributed by atoms with van der Waals surface area (Å²) < 4.78 is 19.4. The van der Waals surface area contributed by atoms with Gasteiger partial charge in [-0.2, -0.15) is 0 Å². The molecule has 2 heterocycles. The standard InChI is InChI=1S/C18H23FN2O2/c19-16-8-3-7-15-17(22)11-13(21-18(15)16)12-20-9-2-1-5-14-6-4-10-23-14/h3,7-8,11,14,20H,1-2,4-6,9-10,12H2,(H,21,22)/t14-/m1/s1. The highest BCUT2D eigenvalue weighted by Gasteiger charge is 2.14. The fraction of sp³-hybridized carbons (Fsp3) is 0.500.